The van der Waals surface area contributed by atoms with E-state index in [1.54, 1.807) is 49.4 Å². The van der Waals surface area contributed by atoms with Gasteiger partial charge < -0.3 is 15.4 Å². The summed E-state index contributed by atoms with van der Waals surface area (Å²) in [6.07, 6.45) is 1.23. The van der Waals surface area contributed by atoms with Crippen LogP contribution in [0.4, 0.5) is 11.4 Å². The summed E-state index contributed by atoms with van der Waals surface area (Å²) in [6, 6.07) is 22.4. The number of amides is 2. The van der Waals surface area contributed by atoms with Crippen molar-refractivity contribution in [2.75, 3.05) is 17.2 Å². The average Bonchev–Trinajstić information content (AvgIpc) is 2.76. The Morgan fingerprint density at radius 2 is 1.57 bits per heavy atom. The third kappa shape index (κ3) is 6.19. The van der Waals surface area contributed by atoms with E-state index in [1.165, 1.54) is 5.56 Å². The molecule has 0 fully saturated rings. The molecule has 3 aromatic rings. The lowest BCUT2D eigenvalue weighted by atomic mass is 10.1. The van der Waals surface area contributed by atoms with Gasteiger partial charge in [0.1, 0.15) is 5.75 Å². The van der Waals surface area contributed by atoms with Gasteiger partial charge in [-0.3, -0.25) is 9.59 Å². The molecule has 154 valence electrons. The monoisotopic (exact) mass is 466 g/mol. The molecule has 5 nitrogen and oxygen atoms in total. The number of carbonyl (C=O) groups is 2. The Labute approximate surface area is 184 Å². The number of halogens is 1. The van der Waals surface area contributed by atoms with E-state index in [1.807, 2.05) is 18.2 Å². The van der Waals surface area contributed by atoms with E-state index in [9.17, 15) is 9.59 Å². The second-order valence-electron chi connectivity index (χ2n) is 6.66. The van der Waals surface area contributed by atoms with Crippen LogP contribution in [0.15, 0.2) is 77.3 Å². The van der Waals surface area contributed by atoms with E-state index < -0.39 is 0 Å². The van der Waals surface area contributed by atoms with Crippen molar-refractivity contribution in [3.63, 3.8) is 0 Å². The topological polar surface area (TPSA) is 67.4 Å². The van der Waals surface area contributed by atoms with Gasteiger partial charge in [-0.05, 0) is 64.0 Å². The van der Waals surface area contributed by atoms with Gasteiger partial charge in [0.15, 0.2) is 0 Å². The maximum Gasteiger partial charge on any atom is 0.255 e. The van der Waals surface area contributed by atoms with E-state index in [2.05, 4.69) is 38.7 Å². The Morgan fingerprint density at radius 1 is 0.900 bits per heavy atom. The van der Waals surface area contributed by atoms with Gasteiger partial charge in [0.05, 0.1) is 11.1 Å². The van der Waals surface area contributed by atoms with Crippen molar-refractivity contribution in [2.24, 2.45) is 0 Å². The van der Waals surface area contributed by atoms with Crippen molar-refractivity contribution in [1.29, 1.82) is 0 Å². The molecule has 0 spiro atoms. The van der Waals surface area contributed by atoms with E-state index in [-0.39, 0.29) is 11.8 Å². The van der Waals surface area contributed by atoms with Crippen LogP contribution in [0.5, 0.6) is 5.75 Å². The second kappa shape index (κ2) is 10.6. The number of carbonyl (C=O) groups excluding carboxylic acids is 2. The summed E-state index contributed by atoms with van der Waals surface area (Å²) in [6.45, 7) is 2.34. The molecule has 3 aromatic carbocycles. The van der Waals surface area contributed by atoms with Gasteiger partial charge in [-0.25, -0.2) is 0 Å². The molecule has 0 aliphatic carbocycles. The maximum absolute atomic E-state index is 12.5. The van der Waals surface area contributed by atoms with Crippen molar-refractivity contribution in [1.82, 2.24) is 0 Å². The number of anilines is 2. The van der Waals surface area contributed by atoms with E-state index >= 15 is 0 Å². The Bertz CT molecular complexity index is 1000. The maximum atomic E-state index is 12.5. The quantitative estimate of drug-likeness (QED) is 0.449. The zero-order valence-electron chi connectivity index (χ0n) is 16.7. The van der Waals surface area contributed by atoms with Crippen molar-refractivity contribution in [2.45, 2.75) is 19.8 Å². The molecule has 0 heterocycles. The summed E-state index contributed by atoms with van der Waals surface area (Å²) < 4.78 is 6.56. The molecule has 2 N–H and O–H groups in total. The highest BCUT2D eigenvalue weighted by molar-refractivity contribution is 9.10. The lowest BCUT2D eigenvalue weighted by molar-refractivity contribution is -0.115. The summed E-state index contributed by atoms with van der Waals surface area (Å²) in [5.41, 5.74) is 3.07. The van der Waals surface area contributed by atoms with Crippen molar-refractivity contribution in [3.8, 4) is 5.75 Å². The molecule has 0 unspecified atom stereocenters. The number of rotatable bonds is 8. The fourth-order valence-electron chi connectivity index (χ4n) is 2.77. The molecule has 0 bridgehead atoms. The summed E-state index contributed by atoms with van der Waals surface area (Å²) in [4.78, 5) is 24.0. The molecule has 3 rings (SSSR count). The summed E-state index contributed by atoms with van der Waals surface area (Å²) >= 11 is 3.48. The van der Waals surface area contributed by atoms with E-state index in [0.29, 0.717) is 35.7 Å². The Balaban J connectivity index is 1.56. The Kier molecular flexibility index (Phi) is 7.63. The second-order valence-corrected chi connectivity index (χ2v) is 7.52. The smallest absolute Gasteiger partial charge is 0.255 e. The first-order valence-corrected chi connectivity index (χ1v) is 10.5. The van der Waals surface area contributed by atoms with Crippen LogP contribution in [0.1, 0.15) is 29.3 Å². The third-order valence-electron chi connectivity index (χ3n) is 4.43. The normalized spacial score (nSPS) is 10.3. The third-order valence-corrected chi connectivity index (χ3v) is 5.05. The predicted octanol–water partition coefficient (Wildman–Crippen LogP) is 5.67. The van der Waals surface area contributed by atoms with Crippen molar-refractivity contribution >= 4 is 39.1 Å². The van der Waals surface area contributed by atoms with Crippen LogP contribution >= 0.6 is 15.9 Å². The number of nitrogens with one attached hydrogen (secondary N) is 2. The molecule has 30 heavy (non-hydrogen) atoms. The molecule has 0 aromatic heterocycles. The fraction of sp³-hybridized carbons (Fsp3) is 0.167. The van der Waals surface area contributed by atoms with Gasteiger partial charge in [0.2, 0.25) is 5.91 Å². The highest BCUT2D eigenvalue weighted by atomic mass is 79.9. The fourth-order valence-corrected chi connectivity index (χ4v) is 3.27. The van der Waals surface area contributed by atoms with Crippen LogP contribution in [0, 0.1) is 0 Å². The lowest BCUT2D eigenvalue weighted by Gasteiger charge is -2.11. The van der Waals surface area contributed by atoms with Crippen LogP contribution in [0.2, 0.25) is 0 Å². The minimum absolute atomic E-state index is 0.0530. The predicted molar refractivity (Wildman–Crippen MR) is 123 cm³/mol. The average molecular weight is 467 g/mol. The van der Waals surface area contributed by atoms with Gasteiger partial charge >= 0.3 is 0 Å². The molecule has 0 saturated carbocycles. The van der Waals surface area contributed by atoms with E-state index in [4.69, 9.17) is 4.74 Å². The van der Waals surface area contributed by atoms with E-state index in [0.717, 1.165) is 10.9 Å². The molecule has 6 heteroatoms. The minimum Gasteiger partial charge on any atom is -0.492 e. The molecular weight excluding hydrogens is 444 g/mol. The molecule has 0 saturated heterocycles. The SMILES string of the molecule is CCC(=O)Nc1ccc(NC(=O)c2ccc(OCCc3ccccc3)c(Br)c2)cc1. The van der Waals surface area contributed by atoms with Crippen LogP contribution in [0.25, 0.3) is 0 Å². The number of benzene rings is 3. The number of ether oxygens (including phenoxy) is 1. The largest absolute Gasteiger partial charge is 0.492 e. The summed E-state index contributed by atoms with van der Waals surface area (Å²) in [7, 11) is 0. The molecule has 2 amide bonds. The summed E-state index contributed by atoms with van der Waals surface area (Å²) in [5, 5.41) is 5.62. The van der Waals surface area contributed by atoms with Gasteiger partial charge in [-0.15, -0.1) is 0 Å². The zero-order valence-corrected chi connectivity index (χ0v) is 18.2. The zero-order chi connectivity index (χ0) is 21.3. The van der Waals surface area contributed by atoms with Gasteiger partial charge in [0, 0.05) is 29.8 Å². The van der Waals surface area contributed by atoms with Crippen molar-refractivity contribution in [3.05, 3.63) is 88.4 Å². The first-order chi connectivity index (χ1) is 14.5. The Morgan fingerprint density at radius 3 is 2.20 bits per heavy atom. The van der Waals surface area contributed by atoms with Gasteiger partial charge in [0.25, 0.3) is 5.91 Å². The molecule has 0 aliphatic rings. The first kappa shape index (κ1) is 21.6. The number of hydrogen-bond acceptors (Lipinski definition) is 3. The molecule has 0 atom stereocenters. The standard InChI is InChI=1S/C24H23BrN2O3/c1-2-23(28)26-19-9-11-20(12-10-19)27-24(29)18-8-13-22(21(25)16-18)30-15-14-17-6-4-3-5-7-17/h3-13,16H,2,14-15H2,1H3,(H,26,28)(H,27,29). The van der Waals surface area contributed by atoms with Gasteiger partial charge in [-0.2, -0.15) is 0 Å². The van der Waals surface area contributed by atoms with Crippen LogP contribution in [-0.2, 0) is 11.2 Å². The van der Waals surface area contributed by atoms with Gasteiger partial charge in [-0.1, -0.05) is 37.3 Å². The number of hydrogen-bond donors (Lipinski definition) is 2. The van der Waals surface area contributed by atoms with Crippen LogP contribution in [-0.4, -0.2) is 18.4 Å². The highest BCUT2D eigenvalue weighted by Gasteiger charge is 2.10. The van der Waals surface area contributed by atoms with Crippen LogP contribution < -0.4 is 15.4 Å². The van der Waals surface area contributed by atoms with Crippen molar-refractivity contribution < 1.29 is 14.3 Å². The minimum atomic E-state index is -0.225. The molecular formula is C24H23BrN2O3. The Hall–Kier alpha value is -3.12. The summed E-state index contributed by atoms with van der Waals surface area (Å²) in [5.74, 6) is 0.415. The molecule has 0 aliphatic heterocycles. The van der Waals surface area contributed by atoms with Crippen LogP contribution in [0.3, 0.4) is 0 Å². The first-order valence-electron chi connectivity index (χ1n) is 9.72. The molecule has 0 radical (unpaired) electrons. The highest BCUT2D eigenvalue weighted by Crippen LogP contribution is 2.27. The lowest BCUT2D eigenvalue weighted by Crippen LogP contribution is -2.12.